The van der Waals surface area contributed by atoms with E-state index in [0.29, 0.717) is 0 Å². The molecule has 5 heteroatoms. The van der Waals surface area contributed by atoms with Gasteiger partial charge in [0.05, 0.1) is 17.7 Å². The molecule has 4 nitrogen and oxygen atoms in total. The van der Waals surface area contributed by atoms with Gasteiger partial charge in [-0.25, -0.2) is 0 Å². The molecule has 0 saturated heterocycles. The van der Waals surface area contributed by atoms with Gasteiger partial charge in [0.1, 0.15) is 0 Å². The van der Waals surface area contributed by atoms with Crippen LogP contribution in [0.3, 0.4) is 0 Å². The third-order valence-electron chi connectivity index (χ3n) is 1.64. The Balaban J connectivity index is 0.000000845. The van der Waals surface area contributed by atoms with Crippen LogP contribution in [0.25, 0.3) is 5.52 Å². The number of rotatable bonds is 1. The van der Waals surface area contributed by atoms with E-state index in [4.69, 9.17) is 0 Å². The van der Waals surface area contributed by atoms with Crippen molar-refractivity contribution >= 4 is 11.5 Å². The van der Waals surface area contributed by atoms with Crippen LogP contribution in [0.5, 0.6) is 0 Å². The summed E-state index contributed by atoms with van der Waals surface area (Å²) in [6, 6.07) is 1.52. The molecule has 0 saturated carbocycles. The van der Waals surface area contributed by atoms with Crippen LogP contribution in [-0.4, -0.2) is 15.4 Å². The van der Waals surface area contributed by atoms with Crippen LogP contribution in [0.2, 0.25) is 0 Å². The van der Waals surface area contributed by atoms with Crippen molar-refractivity contribution in [1.82, 2.24) is 9.38 Å². The molecule has 0 amide bonds. The second-order valence-corrected chi connectivity index (χ2v) is 2.42. The average Bonchev–Trinajstić information content (AvgIpc) is 2.46. The molecule has 0 aliphatic carbocycles. The van der Waals surface area contributed by atoms with Crippen molar-refractivity contribution in [3.05, 3.63) is 36.4 Å². The summed E-state index contributed by atoms with van der Waals surface area (Å²) in [7, 11) is 0. The van der Waals surface area contributed by atoms with Gasteiger partial charge in [-0.1, -0.05) is 0 Å². The fourth-order valence-electron chi connectivity index (χ4n) is 1.07. The Kier molecular flexibility index (Phi) is 3.63. The van der Waals surface area contributed by atoms with Crippen LogP contribution in [-0.2, 0) is 0 Å². The number of carboxylic acids is 1. The number of fused-ring (bicyclic) bond motifs is 1. The third-order valence-corrected chi connectivity index (χ3v) is 1.64. The Hall–Kier alpha value is -0.204. The number of hydrogen-bond acceptors (Lipinski definition) is 3. The molecular formula is C8H5KN2O2. The van der Waals surface area contributed by atoms with Crippen molar-refractivity contribution in [2.45, 2.75) is 0 Å². The van der Waals surface area contributed by atoms with E-state index in [1.807, 2.05) is 0 Å². The van der Waals surface area contributed by atoms with E-state index in [2.05, 4.69) is 4.98 Å². The maximum absolute atomic E-state index is 10.4. The van der Waals surface area contributed by atoms with E-state index in [0.717, 1.165) is 5.52 Å². The van der Waals surface area contributed by atoms with Crippen LogP contribution in [0.1, 0.15) is 10.4 Å². The molecule has 60 valence electrons. The SMILES string of the molecule is O=C([O-])c1cc2cnccn2c1.[K+]. The first-order valence-electron chi connectivity index (χ1n) is 3.40. The number of hydrogen-bond donors (Lipinski definition) is 0. The molecule has 0 N–H and O–H groups in total. The van der Waals surface area contributed by atoms with Gasteiger partial charge in [-0.05, 0) is 6.07 Å². The van der Waals surface area contributed by atoms with Crippen LogP contribution >= 0.6 is 0 Å². The second kappa shape index (κ2) is 4.34. The summed E-state index contributed by atoms with van der Waals surface area (Å²) in [5.41, 5.74) is 0.916. The van der Waals surface area contributed by atoms with E-state index in [1.54, 1.807) is 23.0 Å². The topological polar surface area (TPSA) is 57.4 Å². The van der Waals surface area contributed by atoms with E-state index in [9.17, 15) is 9.90 Å². The molecule has 0 unspecified atom stereocenters. The predicted octanol–water partition coefficient (Wildman–Crippen LogP) is -3.30. The molecule has 2 heterocycles. The van der Waals surface area contributed by atoms with Crippen LogP contribution in [0, 0.1) is 0 Å². The van der Waals surface area contributed by atoms with Crippen LogP contribution in [0.4, 0.5) is 0 Å². The smallest absolute Gasteiger partial charge is 0.545 e. The Morgan fingerprint density at radius 3 is 2.92 bits per heavy atom. The number of carbonyl (C=O) groups is 1. The Morgan fingerprint density at radius 2 is 2.31 bits per heavy atom. The fraction of sp³-hybridized carbons (Fsp3) is 0. The van der Waals surface area contributed by atoms with Crippen molar-refractivity contribution in [2.24, 2.45) is 0 Å². The number of aromatic carboxylic acids is 1. The number of carboxylic acid groups (broad SMARTS) is 1. The molecular weight excluding hydrogens is 195 g/mol. The Labute approximate surface area is 117 Å². The molecule has 2 aromatic rings. The maximum atomic E-state index is 10.4. The number of nitrogens with zero attached hydrogens (tertiary/aromatic N) is 2. The molecule has 2 aromatic heterocycles. The summed E-state index contributed by atoms with van der Waals surface area (Å²) in [6.07, 6.45) is 6.35. The Bertz CT molecular complexity index is 405. The quantitative estimate of drug-likeness (QED) is 0.453. The van der Waals surface area contributed by atoms with Gasteiger partial charge in [0.15, 0.2) is 0 Å². The zero-order valence-corrected chi connectivity index (χ0v) is 10.2. The first kappa shape index (κ1) is 10.9. The van der Waals surface area contributed by atoms with Crippen molar-refractivity contribution in [3.8, 4) is 0 Å². The van der Waals surface area contributed by atoms with Gasteiger partial charge < -0.3 is 14.3 Å². The summed E-state index contributed by atoms with van der Waals surface area (Å²) in [5.74, 6) is -1.17. The summed E-state index contributed by atoms with van der Waals surface area (Å²) < 4.78 is 1.68. The molecule has 13 heavy (non-hydrogen) atoms. The summed E-state index contributed by atoms with van der Waals surface area (Å²) in [5, 5.41) is 10.4. The third kappa shape index (κ3) is 2.18. The molecule has 0 spiro atoms. The van der Waals surface area contributed by atoms with Crippen molar-refractivity contribution in [3.63, 3.8) is 0 Å². The van der Waals surface area contributed by atoms with Gasteiger partial charge >= 0.3 is 51.4 Å². The van der Waals surface area contributed by atoms with E-state index >= 15 is 0 Å². The average molecular weight is 200 g/mol. The van der Waals surface area contributed by atoms with Crippen molar-refractivity contribution < 1.29 is 61.3 Å². The minimum atomic E-state index is -1.17. The number of carbonyl (C=O) groups excluding carboxylic acids is 1. The predicted molar refractivity (Wildman–Crippen MR) is 39.5 cm³/mol. The van der Waals surface area contributed by atoms with Gasteiger partial charge in [-0.2, -0.15) is 0 Å². The normalized spacial score (nSPS) is 9.54. The minimum Gasteiger partial charge on any atom is -0.545 e. The largest absolute Gasteiger partial charge is 1.00 e. The van der Waals surface area contributed by atoms with Gasteiger partial charge in [0.25, 0.3) is 0 Å². The van der Waals surface area contributed by atoms with E-state index < -0.39 is 5.97 Å². The van der Waals surface area contributed by atoms with Gasteiger partial charge in [-0.15, -0.1) is 0 Å². The molecule has 0 aromatic carbocycles. The monoisotopic (exact) mass is 200 g/mol. The minimum absolute atomic E-state index is 0. The molecule has 0 aliphatic rings. The van der Waals surface area contributed by atoms with Crippen LogP contribution in [0.15, 0.2) is 30.9 Å². The first-order chi connectivity index (χ1) is 5.77. The fourth-order valence-corrected chi connectivity index (χ4v) is 1.07. The molecule has 0 atom stereocenters. The van der Waals surface area contributed by atoms with Crippen molar-refractivity contribution in [2.75, 3.05) is 0 Å². The molecule has 0 aliphatic heterocycles. The zero-order chi connectivity index (χ0) is 8.55. The molecule has 0 radical (unpaired) electrons. The molecule has 2 rings (SSSR count). The summed E-state index contributed by atoms with van der Waals surface area (Å²) >= 11 is 0. The molecule has 0 fully saturated rings. The van der Waals surface area contributed by atoms with Gasteiger partial charge in [0.2, 0.25) is 0 Å². The van der Waals surface area contributed by atoms with Crippen molar-refractivity contribution in [1.29, 1.82) is 0 Å². The standard InChI is InChI=1S/C8H6N2O2.K/c11-8(12)6-3-7-4-9-1-2-10(7)5-6;/h1-5H,(H,11,12);/q;+1/p-1. The summed E-state index contributed by atoms with van der Waals surface area (Å²) in [6.45, 7) is 0. The van der Waals surface area contributed by atoms with Gasteiger partial charge in [-0.3, -0.25) is 4.98 Å². The maximum Gasteiger partial charge on any atom is 1.00 e. The Morgan fingerprint density at radius 1 is 1.54 bits per heavy atom. The summed E-state index contributed by atoms with van der Waals surface area (Å²) in [4.78, 5) is 14.3. The van der Waals surface area contributed by atoms with E-state index in [-0.39, 0.29) is 56.9 Å². The second-order valence-electron chi connectivity index (χ2n) is 2.42. The van der Waals surface area contributed by atoms with E-state index in [1.165, 1.54) is 12.3 Å². The number of aromatic nitrogens is 2. The van der Waals surface area contributed by atoms with Gasteiger partial charge in [0, 0.05) is 24.2 Å². The van der Waals surface area contributed by atoms with Crippen LogP contribution < -0.4 is 56.5 Å². The zero-order valence-electron chi connectivity index (χ0n) is 7.10. The molecule has 0 bridgehead atoms. The first-order valence-corrected chi connectivity index (χ1v) is 3.40.